The van der Waals surface area contributed by atoms with Gasteiger partial charge in [0.25, 0.3) is 0 Å². The van der Waals surface area contributed by atoms with Gasteiger partial charge in [0.05, 0.1) is 13.6 Å². The van der Waals surface area contributed by atoms with Gasteiger partial charge in [-0.3, -0.25) is 0 Å². The van der Waals surface area contributed by atoms with E-state index in [4.69, 9.17) is 0 Å². The highest BCUT2D eigenvalue weighted by atomic mass is 15.1. The van der Waals surface area contributed by atoms with E-state index in [1.807, 2.05) is 0 Å². The van der Waals surface area contributed by atoms with Crippen LogP contribution in [0.15, 0.2) is 30.9 Å². The number of aromatic nitrogens is 2. The van der Waals surface area contributed by atoms with Crippen LogP contribution in [0.25, 0.3) is 0 Å². The molecule has 0 unspecified atom stereocenters. The van der Waals surface area contributed by atoms with E-state index in [-0.39, 0.29) is 0 Å². The van der Waals surface area contributed by atoms with Gasteiger partial charge in [-0.25, -0.2) is 9.13 Å². The van der Waals surface area contributed by atoms with E-state index in [1.54, 1.807) is 0 Å². The number of imidazole rings is 1. The van der Waals surface area contributed by atoms with Crippen molar-refractivity contribution in [1.82, 2.24) is 4.57 Å². The highest BCUT2D eigenvalue weighted by molar-refractivity contribution is 4.81. The molecule has 1 aromatic rings. The van der Waals surface area contributed by atoms with Crippen molar-refractivity contribution >= 4 is 0 Å². The monoisotopic (exact) mass is 333 g/mol. The maximum atomic E-state index is 2.41. The first-order valence-electron chi connectivity index (χ1n) is 10.5. The van der Waals surface area contributed by atoms with E-state index in [0.717, 1.165) is 0 Å². The summed E-state index contributed by atoms with van der Waals surface area (Å²) in [7, 11) is 2.08. The van der Waals surface area contributed by atoms with E-state index >= 15 is 0 Å². The Bertz CT molecular complexity index is 406. The molecule has 0 aliphatic rings. The van der Waals surface area contributed by atoms with E-state index in [1.165, 1.54) is 96.4 Å². The largest absolute Gasteiger partial charge is 0.243 e. The van der Waals surface area contributed by atoms with Crippen LogP contribution in [0.2, 0.25) is 0 Å². The van der Waals surface area contributed by atoms with Crippen molar-refractivity contribution < 1.29 is 4.57 Å². The first kappa shape index (κ1) is 21.0. The van der Waals surface area contributed by atoms with Crippen LogP contribution in [0.1, 0.15) is 96.8 Å². The van der Waals surface area contributed by atoms with Gasteiger partial charge in [0, 0.05) is 0 Å². The summed E-state index contributed by atoms with van der Waals surface area (Å²) in [6, 6.07) is 0. The first-order valence-corrected chi connectivity index (χ1v) is 10.5. The first-order chi connectivity index (χ1) is 11.8. The molecule has 0 saturated carbocycles. The van der Waals surface area contributed by atoms with Crippen LogP contribution in [-0.4, -0.2) is 4.57 Å². The second-order valence-corrected chi connectivity index (χ2v) is 7.25. The van der Waals surface area contributed by atoms with Crippen molar-refractivity contribution in [2.45, 2.75) is 103 Å². The topological polar surface area (TPSA) is 8.81 Å². The number of hydrogen-bond acceptors (Lipinski definition) is 0. The Morgan fingerprint density at radius 2 is 1.29 bits per heavy atom. The number of allylic oxidation sites excluding steroid dienone is 2. The molecule has 1 rings (SSSR count). The zero-order valence-electron chi connectivity index (χ0n) is 16.4. The Balaban J connectivity index is 1.76. The molecule has 0 aliphatic carbocycles. The zero-order chi connectivity index (χ0) is 17.3. The van der Waals surface area contributed by atoms with Gasteiger partial charge in [-0.05, 0) is 38.5 Å². The lowest BCUT2D eigenvalue weighted by Gasteiger charge is -2.00. The average Bonchev–Trinajstić information content (AvgIpc) is 3.00. The van der Waals surface area contributed by atoms with E-state index in [0.29, 0.717) is 0 Å². The number of rotatable bonds is 16. The maximum absolute atomic E-state index is 2.41. The van der Waals surface area contributed by atoms with Gasteiger partial charge in [0.15, 0.2) is 0 Å². The molecule has 1 aromatic heterocycles. The maximum Gasteiger partial charge on any atom is 0.243 e. The third-order valence-electron chi connectivity index (χ3n) is 4.75. The molecule has 0 aliphatic heterocycles. The molecule has 0 bridgehead atoms. The molecule has 0 atom stereocenters. The summed E-state index contributed by atoms with van der Waals surface area (Å²) in [4.78, 5) is 0. The van der Waals surface area contributed by atoms with Gasteiger partial charge in [0.1, 0.15) is 12.4 Å². The van der Waals surface area contributed by atoms with Crippen LogP contribution in [0, 0.1) is 0 Å². The second-order valence-electron chi connectivity index (χ2n) is 7.25. The van der Waals surface area contributed by atoms with Crippen molar-refractivity contribution in [3.63, 3.8) is 0 Å². The van der Waals surface area contributed by atoms with Crippen LogP contribution in [-0.2, 0) is 13.6 Å². The molecule has 0 saturated heterocycles. The standard InChI is InChI=1S/C22H41N2/c1-3-4-5-6-7-8-9-10-11-12-13-14-15-16-17-18-19-24-21-20-23(2)22-24/h10-11,20-22H,3-9,12-19H2,1-2H3/q+1/b11-10-. The minimum Gasteiger partial charge on any atom is -0.240 e. The molecule has 0 amide bonds. The average molecular weight is 334 g/mol. The van der Waals surface area contributed by atoms with Gasteiger partial charge in [0.2, 0.25) is 6.33 Å². The molecule has 0 aromatic carbocycles. The molecular formula is C22H41N2+. The Kier molecular flexibility index (Phi) is 13.5. The molecule has 1 heterocycles. The molecule has 2 nitrogen and oxygen atoms in total. The molecule has 138 valence electrons. The van der Waals surface area contributed by atoms with Crippen LogP contribution >= 0.6 is 0 Å². The highest BCUT2D eigenvalue weighted by Gasteiger charge is 1.99. The Labute approximate surface area is 151 Å². The Morgan fingerprint density at radius 1 is 0.750 bits per heavy atom. The normalized spacial score (nSPS) is 11.6. The van der Waals surface area contributed by atoms with Gasteiger partial charge in [-0.15, -0.1) is 0 Å². The van der Waals surface area contributed by atoms with Crippen LogP contribution in [0.4, 0.5) is 0 Å². The highest BCUT2D eigenvalue weighted by Crippen LogP contribution is 2.10. The summed E-state index contributed by atoms with van der Waals surface area (Å²) < 4.78 is 4.40. The van der Waals surface area contributed by atoms with Crippen molar-refractivity contribution in [3.8, 4) is 0 Å². The lowest BCUT2D eigenvalue weighted by atomic mass is 10.1. The van der Waals surface area contributed by atoms with E-state index in [2.05, 4.69) is 54.0 Å². The predicted octanol–water partition coefficient (Wildman–Crippen LogP) is 6.35. The number of nitrogens with zero attached hydrogens (tertiary/aromatic N) is 2. The fourth-order valence-electron chi connectivity index (χ4n) is 3.18. The van der Waals surface area contributed by atoms with Crippen molar-refractivity contribution in [1.29, 1.82) is 0 Å². The van der Waals surface area contributed by atoms with Gasteiger partial charge in [-0.2, -0.15) is 0 Å². The molecule has 0 N–H and O–H groups in total. The van der Waals surface area contributed by atoms with E-state index in [9.17, 15) is 0 Å². The zero-order valence-corrected chi connectivity index (χ0v) is 16.4. The van der Waals surface area contributed by atoms with Gasteiger partial charge in [-0.1, -0.05) is 70.4 Å². The number of unbranched alkanes of at least 4 members (excludes halogenated alkanes) is 12. The van der Waals surface area contributed by atoms with Crippen LogP contribution in [0.3, 0.4) is 0 Å². The fraction of sp³-hybridized carbons (Fsp3) is 0.773. The molecule has 0 spiro atoms. The minimum absolute atomic E-state index is 1.17. The van der Waals surface area contributed by atoms with Crippen molar-refractivity contribution in [2.24, 2.45) is 7.05 Å². The van der Waals surface area contributed by atoms with Crippen molar-refractivity contribution in [3.05, 3.63) is 30.9 Å². The molecular weight excluding hydrogens is 292 g/mol. The molecule has 2 heteroatoms. The lowest BCUT2D eigenvalue weighted by molar-refractivity contribution is -0.671. The van der Waals surface area contributed by atoms with Crippen LogP contribution < -0.4 is 4.57 Å². The minimum atomic E-state index is 1.17. The van der Waals surface area contributed by atoms with E-state index < -0.39 is 0 Å². The summed E-state index contributed by atoms with van der Waals surface area (Å²) >= 11 is 0. The second kappa shape index (κ2) is 15.5. The fourth-order valence-corrected chi connectivity index (χ4v) is 3.18. The van der Waals surface area contributed by atoms with Gasteiger partial charge < -0.3 is 0 Å². The van der Waals surface area contributed by atoms with Crippen molar-refractivity contribution in [2.75, 3.05) is 0 Å². The third kappa shape index (κ3) is 12.4. The predicted molar refractivity (Wildman–Crippen MR) is 105 cm³/mol. The Morgan fingerprint density at radius 3 is 1.83 bits per heavy atom. The third-order valence-corrected chi connectivity index (χ3v) is 4.75. The lowest BCUT2D eigenvalue weighted by Crippen LogP contribution is -2.23. The molecule has 0 radical (unpaired) electrons. The Hall–Kier alpha value is -1.05. The quantitative estimate of drug-likeness (QED) is 0.189. The summed E-state index contributed by atoms with van der Waals surface area (Å²) in [6.45, 7) is 3.45. The summed E-state index contributed by atoms with van der Waals surface area (Å²) in [5.74, 6) is 0. The van der Waals surface area contributed by atoms with Crippen LogP contribution in [0.5, 0.6) is 0 Å². The summed E-state index contributed by atoms with van der Waals surface area (Å²) in [6.07, 6.45) is 30.6. The molecule has 24 heavy (non-hydrogen) atoms. The van der Waals surface area contributed by atoms with Gasteiger partial charge >= 0.3 is 0 Å². The SMILES string of the molecule is CCCCCCCC/C=C\CCCCCCCCn1cc[n+](C)c1. The summed E-state index contributed by atoms with van der Waals surface area (Å²) in [5.41, 5.74) is 0. The number of aryl methyl sites for hydroxylation is 2. The molecule has 0 fully saturated rings. The smallest absolute Gasteiger partial charge is 0.240 e. The number of hydrogen-bond donors (Lipinski definition) is 0. The summed E-state index contributed by atoms with van der Waals surface area (Å²) in [5, 5.41) is 0.